The van der Waals surface area contributed by atoms with E-state index in [1.807, 2.05) is 0 Å². The summed E-state index contributed by atoms with van der Waals surface area (Å²) in [5, 5.41) is 0. The molecule has 24 heavy (non-hydrogen) atoms. The first-order chi connectivity index (χ1) is 11.7. The molecule has 1 fully saturated rings. The van der Waals surface area contributed by atoms with E-state index in [0.717, 1.165) is 5.92 Å². The van der Waals surface area contributed by atoms with Crippen LogP contribution < -0.4 is 0 Å². The molecule has 0 aromatic heterocycles. The minimum Gasteiger partial charge on any atom is -0.199 e. The van der Waals surface area contributed by atoms with Crippen LogP contribution in [0, 0.1) is 11.8 Å². The number of allylic oxidation sites excluding steroid dienone is 4. The minimum absolute atomic E-state index is 0.104. The lowest BCUT2D eigenvalue weighted by atomic mass is 9.70. The third kappa shape index (κ3) is 2.49. The largest absolute Gasteiger partial charge is 0.209 e. The molecule has 126 valence electrons. The molecule has 1 heterocycles. The molecule has 3 aliphatic rings. The Bertz CT molecular complexity index is 691. The van der Waals surface area contributed by atoms with Gasteiger partial charge in [0.2, 0.25) is 5.69 Å². The summed E-state index contributed by atoms with van der Waals surface area (Å²) < 4.78 is 2.63. The highest BCUT2D eigenvalue weighted by Crippen LogP contribution is 2.46. The second-order valence-corrected chi connectivity index (χ2v) is 8.04. The van der Waals surface area contributed by atoms with Crippen LogP contribution in [0.4, 0.5) is 5.69 Å². The van der Waals surface area contributed by atoms with Gasteiger partial charge in [0, 0.05) is 30.9 Å². The highest BCUT2D eigenvalue weighted by molar-refractivity contribution is 5.94. The first-order valence-corrected chi connectivity index (χ1v) is 9.77. The molecule has 0 spiro atoms. The van der Waals surface area contributed by atoms with Crippen molar-refractivity contribution in [3.8, 4) is 0 Å². The summed E-state index contributed by atoms with van der Waals surface area (Å²) in [5.74, 6) is 1.43. The number of hydrogen-bond donors (Lipinski definition) is 0. The van der Waals surface area contributed by atoms with Gasteiger partial charge >= 0.3 is 0 Å². The van der Waals surface area contributed by atoms with Crippen molar-refractivity contribution in [2.45, 2.75) is 57.8 Å². The van der Waals surface area contributed by atoms with Gasteiger partial charge in [0.15, 0.2) is 5.71 Å². The molecular weight excluding hydrogens is 290 g/mol. The van der Waals surface area contributed by atoms with Gasteiger partial charge < -0.3 is 0 Å². The molecule has 1 nitrogen and oxygen atoms in total. The molecule has 1 aliphatic heterocycles. The van der Waals surface area contributed by atoms with E-state index in [0.29, 0.717) is 5.92 Å². The fraction of sp³-hybridized carbons (Fsp3) is 0.522. The van der Waals surface area contributed by atoms with Gasteiger partial charge in [-0.05, 0) is 12.8 Å². The van der Waals surface area contributed by atoms with Gasteiger partial charge in [0.25, 0.3) is 0 Å². The Kier molecular flexibility index (Phi) is 4.20. The maximum Gasteiger partial charge on any atom is 0.209 e. The second kappa shape index (κ2) is 6.35. The maximum atomic E-state index is 2.63. The van der Waals surface area contributed by atoms with Crippen LogP contribution in [-0.2, 0) is 5.41 Å². The van der Waals surface area contributed by atoms with Gasteiger partial charge in [-0.15, -0.1) is 0 Å². The molecule has 1 saturated carbocycles. The minimum atomic E-state index is 0.104. The van der Waals surface area contributed by atoms with E-state index in [2.05, 4.69) is 67.0 Å². The van der Waals surface area contributed by atoms with Crippen LogP contribution in [0.5, 0.6) is 0 Å². The van der Waals surface area contributed by atoms with E-state index in [1.165, 1.54) is 62.0 Å². The molecule has 0 bridgehead atoms. The van der Waals surface area contributed by atoms with E-state index in [4.69, 9.17) is 0 Å². The normalized spacial score (nSPS) is 27.2. The van der Waals surface area contributed by atoms with Gasteiger partial charge in [0.05, 0.1) is 5.41 Å². The van der Waals surface area contributed by atoms with Crippen LogP contribution in [0.15, 0.2) is 48.6 Å². The van der Waals surface area contributed by atoms with E-state index in [9.17, 15) is 0 Å². The fourth-order valence-electron chi connectivity index (χ4n) is 5.12. The van der Waals surface area contributed by atoms with E-state index >= 15 is 0 Å². The molecule has 1 aromatic rings. The van der Waals surface area contributed by atoms with Gasteiger partial charge in [-0.25, -0.2) is 0 Å². The topological polar surface area (TPSA) is 3.01 Å². The third-order valence-electron chi connectivity index (χ3n) is 6.81. The van der Waals surface area contributed by atoms with Crippen molar-refractivity contribution in [2.75, 3.05) is 6.54 Å². The first-order valence-electron chi connectivity index (χ1n) is 9.77. The Morgan fingerprint density at radius 1 is 1.04 bits per heavy atom. The molecule has 0 saturated heterocycles. The van der Waals surface area contributed by atoms with Gasteiger partial charge in [-0.3, -0.25) is 0 Å². The molecule has 1 aromatic carbocycles. The molecule has 0 amide bonds. The molecule has 2 aliphatic carbocycles. The smallest absolute Gasteiger partial charge is 0.199 e. The summed E-state index contributed by atoms with van der Waals surface area (Å²) in [7, 11) is 0. The Hall–Kier alpha value is -1.63. The Morgan fingerprint density at radius 2 is 1.75 bits per heavy atom. The molecular formula is C23H30N+. The average molecular weight is 320 g/mol. The zero-order valence-corrected chi connectivity index (χ0v) is 15.2. The highest BCUT2D eigenvalue weighted by atomic mass is 15.1. The average Bonchev–Trinajstić information content (AvgIpc) is 3.23. The number of benzene rings is 1. The molecule has 1 unspecified atom stereocenters. The van der Waals surface area contributed by atoms with Crippen molar-refractivity contribution in [3.05, 3.63) is 54.1 Å². The van der Waals surface area contributed by atoms with E-state index in [1.54, 1.807) is 0 Å². The lowest BCUT2D eigenvalue weighted by molar-refractivity contribution is -0.441. The van der Waals surface area contributed by atoms with Crippen LogP contribution in [0.25, 0.3) is 0 Å². The fourth-order valence-corrected chi connectivity index (χ4v) is 5.12. The molecule has 1 atom stereocenters. The molecule has 4 rings (SSSR count). The lowest BCUT2D eigenvalue weighted by Crippen LogP contribution is -2.36. The van der Waals surface area contributed by atoms with Gasteiger partial charge in [-0.2, -0.15) is 4.58 Å². The van der Waals surface area contributed by atoms with Crippen molar-refractivity contribution in [1.29, 1.82) is 0 Å². The number of para-hydroxylation sites is 1. The molecule has 0 N–H and O–H groups in total. The van der Waals surface area contributed by atoms with Gasteiger partial charge in [-0.1, -0.05) is 74.6 Å². The SMILES string of the molecule is CC1=[N+](CCC2CCCCC2)c2ccccc2C1(C)C1C=CC=C1. The summed E-state index contributed by atoms with van der Waals surface area (Å²) in [6.07, 6.45) is 17.7. The number of rotatable bonds is 4. The van der Waals surface area contributed by atoms with E-state index in [-0.39, 0.29) is 5.41 Å². The Labute approximate surface area is 146 Å². The lowest BCUT2D eigenvalue weighted by Gasteiger charge is -2.27. The Balaban J connectivity index is 1.65. The van der Waals surface area contributed by atoms with Crippen molar-refractivity contribution in [2.24, 2.45) is 11.8 Å². The van der Waals surface area contributed by atoms with Crippen molar-refractivity contribution >= 4 is 11.4 Å². The Morgan fingerprint density at radius 3 is 2.50 bits per heavy atom. The summed E-state index contributed by atoms with van der Waals surface area (Å²) >= 11 is 0. The van der Waals surface area contributed by atoms with Crippen molar-refractivity contribution in [1.82, 2.24) is 0 Å². The van der Waals surface area contributed by atoms with E-state index < -0.39 is 0 Å². The van der Waals surface area contributed by atoms with Gasteiger partial charge in [0.1, 0.15) is 6.54 Å². The van der Waals surface area contributed by atoms with Crippen molar-refractivity contribution in [3.63, 3.8) is 0 Å². The highest BCUT2D eigenvalue weighted by Gasteiger charge is 2.50. The summed E-state index contributed by atoms with van der Waals surface area (Å²) in [5.41, 5.74) is 4.59. The predicted molar refractivity (Wildman–Crippen MR) is 102 cm³/mol. The summed E-state index contributed by atoms with van der Waals surface area (Å²) in [6, 6.07) is 9.08. The van der Waals surface area contributed by atoms with Crippen LogP contribution in [0.1, 0.15) is 57.9 Å². The third-order valence-corrected chi connectivity index (χ3v) is 6.81. The second-order valence-electron chi connectivity index (χ2n) is 8.04. The summed E-state index contributed by atoms with van der Waals surface area (Å²) in [4.78, 5) is 0. The molecule has 0 radical (unpaired) electrons. The summed E-state index contributed by atoms with van der Waals surface area (Å²) in [6.45, 7) is 5.98. The predicted octanol–water partition coefficient (Wildman–Crippen LogP) is 5.78. The standard InChI is InChI=1S/C23H30N/c1-18-23(2,20-12-6-7-13-20)21-14-8-9-15-22(21)24(18)17-16-19-10-4-3-5-11-19/h6-9,12-15,19-20H,3-5,10-11,16-17H2,1-2H3/q+1. The van der Waals surface area contributed by atoms with Crippen molar-refractivity contribution < 1.29 is 4.58 Å². The van der Waals surface area contributed by atoms with Crippen LogP contribution in [0.2, 0.25) is 0 Å². The van der Waals surface area contributed by atoms with Crippen LogP contribution in [-0.4, -0.2) is 16.8 Å². The zero-order chi connectivity index (χ0) is 16.6. The van der Waals surface area contributed by atoms with Crippen LogP contribution >= 0.6 is 0 Å². The van der Waals surface area contributed by atoms with Crippen LogP contribution in [0.3, 0.4) is 0 Å². The monoisotopic (exact) mass is 320 g/mol. The quantitative estimate of drug-likeness (QED) is 0.619. The maximum absolute atomic E-state index is 2.63. The first kappa shape index (κ1) is 15.9. The zero-order valence-electron chi connectivity index (χ0n) is 15.2. The number of hydrogen-bond acceptors (Lipinski definition) is 0. The molecule has 1 heteroatoms. The number of nitrogens with zero attached hydrogens (tertiary/aromatic N) is 1. The number of fused-ring (bicyclic) bond motifs is 1.